The first-order valence-electron chi connectivity index (χ1n) is 4.16. The van der Waals surface area contributed by atoms with Gasteiger partial charge in [-0.25, -0.2) is 5.90 Å². The largest absolute Gasteiger partial charge is 0.301 e. The fourth-order valence-corrected chi connectivity index (χ4v) is 1.15. The Labute approximate surface area is 73.3 Å². The number of hydrogen-bond acceptors (Lipinski definition) is 2. The summed E-state index contributed by atoms with van der Waals surface area (Å²) < 4.78 is 0. The molecule has 0 heterocycles. The van der Waals surface area contributed by atoms with Crippen molar-refractivity contribution in [3.8, 4) is 0 Å². The lowest BCUT2D eigenvalue weighted by Crippen LogP contribution is -2.19. The molecule has 1 aromatic carbocycles. The van der Waals surface area contributed by atoms with E-state index >= 15 is 0 Å². The van der Waals surface area contributed by atoms with Gasteiger partial charge >= 0.3 is 0 Å². The highest BCUT2D eigenvalue weighted by Gasteiger charge is 2.12. The predicted octanol–water partition coefficient (Wildman–Crippen LogP) is 2.07. The van der Waals surface area contributed by atoms with E-state index in [1.165, 1.54) is 5.56 Å². The molecule has 2 N–H and O–H groups in total. The van der Waals surface area contributed by atoms with E-state index in [1.54, 1.807) is 0 Å². The van der Waals surface area contributed by atoms with Gasteiger partial charge in [-0.3, -0.25) is 0 Å². The maximum atomic E-state index is 5.11. The molecule has 2 nitrogen and oxygen atoms in total. The Morgan fingerprint density at radius 1 is 1.17 bits per heavy atom. The van der Waals surface area contributed by atoms with Gasteiger partial charge in [-0.1, -0.05) is 37.3 Å². The third-order valence-corrected chi connectivity index (χ3v) is 2.24. The van der Waals surface area contributed by atoms with Crippen molar-refractivity contribution in [1.82, 2.24) is 0 Å². The summed E-state index contributed by atoms with van der Waals surface area (Å²) >= 11 is 0. The lowest BCUT2D eigenvalue weighted by atomic mass is 9.97. The van der Waals surface area contributed by atoms with Crippen LogP contribution in [0.5, 0.6) is 0 Å². The number of benzene rings is 1. The predicted molar refractivity (Wildman–Crippen MR) is 49.6 cm³/mol. The molecule has 1 rings (SSSR count). The summed E-state index contributed by atoms with van der Waals surface area (Å²) in [4.78, 5) is 4.77. The van der Waals surface area contributed by atoms with Crippen LogP contribution < -0.4 is 5.90 Å². The third kappa shape index (κ3) is 2.06. The highest BCUT2D eigenvalue weighted by atomic mass is 16.6. The van der Waals surface area contributed by atoms with Crippen LogP contribution in [0.25, 0.3) is 0 Å². The molecule has 0 amide bonds. The smallest absolute Gasteiger partial charge is 0.0824 e. The number of rotatable bonds is 3. The molecule has 0 aliphatic carbocycles. The average molecular weight is 165 g/mol. The van der Waals surface area contributed by atoms with E-state index in [9.17, 15) is 0 Å². The normalized spacial score (nSPS) is 15.6. The van der Waals surface area contributed by atoms with Gasteiger partial charge in [0.05, 0.1) is 6.10 Å². The second-order valence-electron chi connectivity index (χ2n) is 3.04. The molecule has 66 valence electrons. The molecule has 0 aromatic heterocycles. The van der Waals surface area contributed by atoms with E-state index in [0.717, 1.165) is 0 Å². The second kappa shape index (κ2) is 4.24. The summed E-state index contributed by atoms with van der Waals surface area (Å²) in [7, 11) is 0. The van der Waals surface area contributed by atoms with Crippen molar-refractivity contribution in [2.24, 2.45) is 5.90 Å². The lowest BCUT2D eigenvalue weighted by Gasteiger charge is -2.17. The van der Waals surface area contributed by atoms with Crippen molar-refractivity contribution in [2.45, 2.75) is 25.9 Å². The van der Waals surface area contributed by atoms with Gasteiger partial charge in [-0.2, -0.15) is 0 Å². The van der Waals surface area contributed by atoms with Crippen LogP contribution in [0, 0.1) is 0 Å². The number of nitrogens with two attached hydrogens (primary N) is 1. The molecule has 2 unspecified atom stereocenters. The van der Waals surface area contributed by atoms with Crippen LogP contribution in [0.4, 0.5) is 0 Å². The Morgan fingerprint density at radius 2 is 1.75 bits per heavy atom. The van der Waals surface area contributed by atoms with E-state index in [2.05, 4.69) is 19.1 Å². The van der Waals surface area contributed by atoms with Crippen molar-refractivity contribution < 1.29 is 4.84 Å². The Morgan fingerprint density at radius 3 is 2.25 bits per heavy atom. The molecule has 12 heavy (non-hydrogen) atoms. The van der Waals surface area contributed by atoms with Crippen LogP contribution >= 0.6 is 0 Å². The van der Waals surface area contributed by atoms with Crippen LogP contribution in [-0.4, -0.2) is 6.10 Å². The molecular formula is C10H15NO. The molecule has 0 aliphatic rings. The summed E-state index contributed by atoms with van der Waals surface area (Å²) in [5, 5.41) is 0. The molecule has 0 saturated carbocycles. The minimum Gasteiger partial charge on any atom is -0.301 e. The standard InChI is InChI=1S/C10H15NO/c1-8(9(2)12-11)10-6-4-3-5-7-10/h3-9H,11H2,1-2H3. The average Bonchev–Trinajstić information content (AvgIpc) is 2.17. The molecule has 0 aliphatic heterocycles. The van der Waals surface area contributed by atoms with E-state index in [-0.39, 0.29) is 6.10 Å². The monoisotopic (exact) mass is 165 g/mol. The summed E-state index contributed by atoms with van der Waals surface area (Å²) in [6, 6.07) is 10.2. The van der Waals surface area contributed by atoms with Gasteiger partial charge in [-0.15, -0.1) is 0 Å². The molecule has 2 heteroatoms. The van der Waals surface area contributed by atoms with Gasteiger partial charge in [0, 0.05) is 5.92 Å². The zero-order valence-electron chi connectivity index (χ0n) is 7.53. The van der Waals surface area contributed by atoms with Crippen molar-refractivity contribution in [2.75, 3.05) is 0 Å². The Hall–Kier alpha value is -0.860. The Bertz CT molecular complexity index is 223. The maximum Gasteiger partial charge on any atom is 0.0824 e. The van der Waals surface area contributed by atoms with E-state index in [4.69, 9.17) is 10.7 Å². The summed E-state index contributed by atoms with van der Waals surface area (Å²) in [5.41, 5.74) is 1.26. The van der Waals surface area contributed by atoms with Gasteiger partial charge in [0.1, 0.15) is 0 Å². The summed E-state index contributed by atoms with van der Waals surface area (Å²) in [6.07, 6.45) is 0.0624. The highest BCUT2D eigenvalue weighted by molar-refractivity contribution is 5.19. The zero-order valence-corrected chi connectivity index (χ0v) is 7.53. The first-order chi connectivity index (χ1) is 5.75. The van der Waals surface area contributed by atoms with Crippen LogP contribution in [0.15, 0.2) is 30.3 Å². The van der Waals surface area contributed by atoms with Crippen LogP contribution in [-0.2, 0) is 4.84 Å². The third-order valence-electron chi connectivity index (χ3n) is 2.24. The molecule has 2 atom stereocenters. The quantitative estimate of drug-likeness (QED) is 0.696. The van der Waals surface area contributed by atoms with E-state index < -0.39 is 0 Å². The minimum atomic E-state index is 0.0624. The molecule has 0 bridgehead atoms. The van der Waals surface area contributed by atoms with E-state index in [1.807, 2.05) is 25.1 Å². The second-order valence-corrected chi connectivity index (χ2v) is 3.04. The molecular weight excluding hydrogens is 150 g/mol. The van der Waals surface area contributed by atoms with Crippen LogP contribution in [0.3, 0.4) is 0 Å². The topological polar surface area (TPSA) is 35.2 Å². The lowest BCUT2D eigenvalue weighted by molar-refractivity contribution is 0.0508. The zero-order chi connectivity index (χ0) is 8.97. The SMILES string of the molecule is CC(ON)C(C)c1ccccc1. The van der Waals surface area contributed by atoms with Gasteiger partial charge in [0.2, 0.25) is 0 Å². The first kappa shape index (κ1) is 9.23. The van der Waals surface area contributed by atoms with E-state index in [0.29, 0.717) is 5.92 Å². The minimum absolute atomic E-state index is 0.0624. The van der Waals surface area contributed by atoms with Crippen LogP contribution in [0.1, 0.15) is 25.3 Å². The van der Waals surface area contributed by atoms with Gasteiger partial charge in [0.15, 0.2) is 0 Å². The summed E-state index contributed by atoms with van der Waals surface area (Å²) in [6.45, 7) is 4.07. The molecule has 0 fully saturated rings. The van der Waals surface area contributed by atoms with Gasteiger partial charge in [-0.05, 0) is 12.5 Å². The van der Waals surface area contributed by atoms with Crippen molar-refractivity contribution in [3.05, 3.63) is 35.9 Å². The molecule has 0 radical (unpaired) electrons. The van der Waals surface area contributed by atoms with Gasteiger partial charge in [0.25, 0.3) is 0 Å². The first-order valence-corrected chi connectivity index (χ1v) is 4.16. The Balaban J connectivity index is 2.71. The molecule has 0 saturated heterocycles. The fourth-order valence-electron chi connectivity index (χ4n) is 1.15. The fraction of sp³-hybridized carbons (Fsp3) is 0.400. The van der Waals surface area contributed by atoms with Crippen LogP contribution in [0.2, 0.25) is 0 Å². The number of hydrogen-bond donors (Lipinski definition) is 1. The van der Waals surface area contributed by atoms with Gasteiger partial charge < -0.3 is 4.84 Å². The van der Waals surface area contributed by atoms with Crippen molar-refractivity contribution in [3.63, 3.8) is 0 Å². The molecule has 1 aromatic rings. The molecule has 0 spiro atoms. The Kier molecular flexibility index (Phi) is 3.26. The maximum absolute atomic E-state index is 5.11. The van der Waals surface area contributed by atoms with Crippen molar-refractivity contribution in [1.29, 1.82) is 0 Å². The van der Waals surface area contributed by atoms with Crippen molar-refractivity contribution >= 4 is 0 Å². The highest BCUT2D eigenvalue weighted by Crippen LogP contribution is 2.19. The summed E-state index contributed by atoms with van der Waals surface area (Å²) in [5.74, 6) is 5.45.